The lowest BCUT2D eigenvalue weighted by molar-refractivity contribution is -0.135. The summed E-state index contributed by atoms with van der Waals surface area (Å²) < 4.78 is 0. The van der Waals surface area contributed by atoms with Crippen molar-refractivity contribution >= 4 is 12.3 Å². The number of carbonyl (C=O) groups excluding carboxylic acids is 1. The molecule has 0 aliphatic rings. The summed E-state index contributed by atoms with van der Waals surface area (Å²) in [4.78, 5) is 20.1. The van der Waals surface area contributed by atoms with E-state index in [4.69, 9.17) is 30.6 Å². The Hall–Kier alpha value is -1.48. The second kappa shape index (κ2) is 6.18. The van der Waals surface area contributed by atoms with Crippen LogP contribution in [0.3, 0.4) is 0 Å². The van der Waals surface area contributed by atoms with Crippen LogP contribution in [0.5, 0.6) is 0 Å². The largest absolute Gasteiger partial charge is 0.509 e. The lowest BCUT2D eigenvalue weighted by Gasteiger charge is -2.23. The fourth-order valence-electron chi connectivity index (χ4n) is 0.856. The maximum atomic E-state index is 10.1. The normalized spacial score (nSPS) is 19.6. The molecule has 16 heavy (non-hydrogen) atoms. The van der Waals surface area contributed by atoms with Gasteiger partial charge in [-0.25, -0.2) is 4.79 Å². The van der Waals surface area contributed by atoms with Gasteiger partial charge in [-0.3, -0.25) is 0 Å². The lowest BCUT2D eigenvalue weighted by atomic mass is 10.0. The van der Waals surface area contributed by atoms with E-state index in [0.717, 1.165) is 0 Å². The summed E-state index contributed by atoms with van der Waals surface area (Å²) in [6, 6.07) is 0. The highest BCUT2D eigenvalue weighted by atomic mass is 16.4. The molecule has 92 valence electrons. The van der Waals surface area contributed by atoms with Gasteiger partial charge >= 0.3 is 5.97 Å². The van der Waals surface area contributed by atoms with Crippen molar-refractivity contribution in [2.45, 2.75) is 24.4 Å². The first-order valence-electron chi connectivity index (χ1n) is 4.12. The molecular weight excluding hydrogens is 224 g/mol. The third-order valence-electron chi connectivity index (χ3n) is 1.74. The van der Waals surface area contributed by atoms with E-state index in [1.165, 1.54) is 0 Å². The SMILES string of the molecule is O=C[C@H](O)[C@@H](O)[C@H](O)[C@H](O)C(O)=CC(=O)O. The number of aldehydes is 1. The number of aliphatic hydroxyl groups excluding tert-OH is 5. The molecular formula is C8H12O8. The van der Waals surface area contributed by atoms with Crippen LogP contribution in [0.4, 0.5) is 0 Å². The van der Waals surface area contributed by atoms with Gasteiger partial charge in [0, 0.05) is 0 Å². The lowest BCUT2D eigenvalue weighted by Crippen LogP contribution is -2.45. The molecule has 0 aliphatic heterocycles. The van der Waals surface area contributed by atoms with Crippen molar-refractivity contribution in [3.63, 3.8) is 0 Å². The van der Waals surface area contributed by atoms with E-state index in [2.05, 4.69) is 0 Å². The Labute approximate surface area is 89.7 Å². The number of hydrogen-bond acceptors (Lipinski definition) is 7. The second-order valence-corrected chi connectivity index (χ2v) is 2.96. The van der Waals surface area contributed by atoms with E-state index in [0.29, 0.717) is 0 Å². The Bertz CT molecular complexity index is 286. The van der Waals surface area contributed by atoms with E-state index in [1.807, 2.05) is 0 Å². The number of rotatable bonds is 6. The van der Waals surface area contributed by atoms with Gasteiger partial charge in [0.25, 0.3) is 0 Å². The number of aliphatic hydroxyl groups is 5. The number of carboxylic acids is 1. The molecule has 8 heteroatoms. The van der Waals surface area contributed by atoms with Gasteiger partial charge < -0.3 is 35.4 Å². The van der Waals surface area contributed by atoms with Crippen LogP contribution >= 0.6 is 0 Å². The predicted octanol–water partition coefficient (Wildman–Crippen LogP) is -2.84. The first-order valence-corrected chi connectivity index (χ1v) is 4.12. The molecule has 0 unspecified atom stereocenters. The van der Waals surface area contributed by atoms with E-state index in [1.54, 1.807) is 0 Å². The minimum atomic E-state index is -2.12. The van der Waals surface area contributed by atoms with Gasteiger partial charge in [0.15, 0.2) is 6.29 Å². The molecule has 0 rings (SSSR count). The third kappa shape index (κ3) is 3.95. The van der Waals surface area contributed by atoms with E-state index >= 15 is 0 Å². The van der Waals surface area contributed by atoms with Crippen molar-refractivity contribution < 1.29 is 40.2 Å². The first kappa shape index (κ1) is 14.5. The standard InChI is InChI=1S/C8H12O8/c9-2-4(11)7(15)8(16)6(14)3(10)1-5(12)13/h1-2,4,6-8,10-11,14-16H,(H,12,13)/t4-,6+,7+,8+/m0/s1. The molecule has 0 aromatic rings. The molecule has 0 spiro atoms. The monoisotopic (exact) mass is 236 g/mol. The Kier molecular flexibility index (Phi) is 5.61. The average Bonchev–Trinajstić information content (AvgIpc) is 2.23. The molecule has 0 fully saturated rings. The first-order chi connectivity index (χ1) is 7.31. The molecule has 4 atom stereocenters. The summed E-state index contributed by atoms with van der Waals surface area (Å²) >= 11 is 0. The van der Waals surface area contributed by atoms with Crippen molar-refractivity contribution in [3.8, 4) is 0 Å². The van der Waals surface area contributed by atoms with Gasteiger partial charge in [0.1, 0.15) is 30.2 Å². The van der Waals surface area contributed by atoms with Crippen molar-refractivity contribution in [1.29, 1.82) is 0 Å². The second-order valence-electron chi connectivity index (χ2n) is 2.96. The Balaban J connectivity index is 4.66. The van der Waals surface area contributed by atoms with Crippen molar-refractivity contribution in [1.82, 2.24) is 0 Å². The summed E-state index contributed by atoms with van der Waals surface area (Å²) in [6.45, 7) is 0. The highest BCUT2D eigenvalue weighted by molar-refractivity contribution is 5.80. The molecule has 8 nitrogen and oxygen atoms in total. The van der Waals surface area contributed by atoms with Crippen LogP contribution in [0.1, 0.15) is 0 Å². The topological polar surface area (TPSA) is 156 Å². The zero-order chi connectivity index (χ0) is 12.9. The van der Waals surface area contributed by atoms with E-state index < -0.39 is 36.1 Å². The molecule has 0 aromatic heterocycles. The van der Waals surface area contributed by atoms with Gasteiger partial charge in [-0.2, -0.15) is 0 Å². The van der Waals surface area contributed by atoms with Gasteiger partial charge in [0.05, 0.1) is 6.08 Å². The van der Waals surface area contributed by atoms with Crippen molar-refractivity contribution in [2.24, 2.45) is 0 Å². The summed E-state index contributed by atoms with van der Waals surface area (Å²) in [6.07, 6.45) is -8.11. The molecule has 0 radical (unpaired) electrons. The van der Waals surface area contributed by atoms with Crippen LogP contribution in [-0.4, -0.2) is 67.3 Å². The molecule has 6 N–H and O–H groups in total. The predicted molar refractivity (Wildman–Crippen MR) is 48.4 cm³/mol. The summed E-state index contributed by atoms with van der Waals surface area (Å²) in [7, 11) is 0. The van der Waals surface area contributed by atoms with Crippen LogP contribution in [0.25, 0.3) is 0 Å². The van der Waals surface area contributed by atoms with Crippen LogP contribution in [0.15, 0.2) is 11.8 Å². The average molecular weight is 236 g/mol. The Morgan fingerprint density at radius 3 is 1.88 bits per heavy atom. The number of aliphatic carboxylic acids is 1. The minimum absolute atomic E-state index is 0.0848. The highest BCUT2D eigenvalue weighted by Crippen LogP contribution is 2.09. The number of hydrogen-bond donors (Lipinski definition) is 6. The summed E-state index contributed by atoms with van der Waals surface area (Å²) in [5.41, 5.74) is 0. The van der Waals surface area contributed by atoms with Crippen LogP contribution in [-0.2, 0) is 9.59 Å². The zero-order valence-corrected chi connectivity index (χ0v) is 7.96. The minimum Gasteiger partial charge on any atom is -0.509 e. The van der Waals surface area contributed by atoms with Crippen LogP contribution in [0.2, 0.25) is 0 Å². The van der Waals surface area contributed by atoms with Crippen molar-refractivity contribution in [2.75, 3.05) is 0 Å². The molecule has 0 amide bonds. The zero-order valence-electron chi connectivity index (χ0n) is 7.96. The van der Waals surface area contributed by atoms with Gasteiger partial charge in [-0.1, -0.05) is 0 Å². The molecule has 0 heterocycles. The number of carbonyl (C=O) groups is 2. The smallest absolute Gasteiger partial charge is 0.331 e. The highest BCUT2D eigenvalue weighted by Gasteiger charge is 2.32. The van der Waals surface area contributed by atoms with Gasteiger partial charge in [-0.15, -0.1) is 0 Å². The van der Waals surface area contributed by atoms with Crippen LogP contribution < -0.4 is 0 Å². The number of carboxylic acid groups (broad SMARTS) is 1. The molecule has 0 aromatic carbocycles. The molecule has 0 aliphatic carbocycles. The summed E-state index contributed by atoms with van der Waals surface area (Å²) in [5, 5.41) is 53.3. The Morgan fingerprint density at radius 2 is 1.50 bits per heavy atom. The maximum Gasteiger partial charge on any atom is 0.331 e. The van der Waals surface area contributed by atoms with E-state index in [9.17, 15) is 9.59 Å². The van der Waals surface area contributed by atoms with Gasteiger partial charge in [-0.05, 0) is 0 Å². The molecule has 0 bridgehead atoms. The summed E-state index contributed by atoms with van der Waals surface area (Å²) in [5.74, 6) is -2.69. The maximum absolute atomic E-state index is 10.1. The molecule has 0 saturated heterocycles. The van der Waals surface area contributed by atoms with Gasteiger partial charge in [0.2, 0.25) is 0 Å². The fourth-order valence-corrected chi connectivity index (χ4v) is 0.856. The third-order valence-corrected chi connectivity index (χ3v) is 1.74. The van der Waals surface area contributed by atoms with E-state index in [-0.39, 0.29) is 12.4 Å². The van der Waals surface area contributed by atoms with Crippen LogP contribution in [0, 0.1) is 0 Å². The molecule has 0 saturated carbocycles. The quantitative estimate of drug-likeness (QED) is 0.163. The van der Waals surface area contributed by atoms with Crippen molar-refractivity contribution in [3.05, 3.63) is 11.8 Å². The fraction of sp³-hybridized carbons (Fsp3) is 0.500. The Morgan fingerprint density at radius 1 is 1.00 bits per heavy atom.